The van der Waals surface area contributed by atoms with Crippen LogP contribution < -0.4 is 0 Å². The van der Waals surface area contributed by atoms with Gasteiger partial charge in [0.2, 0.25) is 0 Å². The summed E-state index contributed by atoms with van der Waals surface area (Å²) in [5, 5.41) is 0. The Morgan fingerprint density at radius 3 is 1.46 bits per heavy atom. The monoisotopic (exact) mass is 468 g/mol. The molecule has 0 spiro atoms. The van der Waals surface area contributed by atoms with Gasteiger partial charge in [-0.1, -0.05) is 75.5 Å². The fraction of sp³-hybridized carbons (Fsp3) is 1.00. The maximum absolute atomic E-state index is 6.39. The number of rotatable bonds is 19. The van der Waals surface area contributed by atoms with E-state index >= 15 is 0 Å². The van der Waals surface area contributed by atoms with Gasteiger partial charge in [0.1, 0.15) is 9.04 Å². The summed E-state index contributed by atoms with van der Waals surface area (Å²) >= 11 is 4.60. The Bertz CT molecular complexity index is 332. The predicted molar refractivity (Wildman–Crippen MR) is 135 cm³/mol. The van der Waals surface area contributed by atoms with E-state index in [2.05, 4.69) is 60.1 Å². The normalized spacial score (nSPS) is 14.2. The van der Waals surface area contributed by atoms with Gasteiger partial charge in [-0.25, -0.2) is 0 Å². The molecule has 0 fully saturated rings. The third kappa shape index (κ3) is 15.8. The van der Waals surface area contributed by atoms with E-state index in [1.807, 2.05) is 0 Å². The van der Waals surface area contributed by atoms with Crippen molar-refractivity contribution in [2.24, 2.45) is 0 Å². The van der Waals surface area contributed by atoms with Crippen LogP contribution in [0, 0.1) is 0 Å². The highest BCUT2D eigenvalue weighted by Gasteiger charge is 2.45. The molecule has 0 heterocycles. The van der Waals surface area contributed by atoms with Crippen molar-refractivity contribution >= 4 is 39.8 Å². The standard InChI is InChI=1S/C21H48O3S2Si2/c1-8-9-10-11-12-13-14-15-16-17-21(26-25)27-28(22-18(2)3,23-19(4)5)24-20(6)7/h18-21,25H,8-17,27H2,1-7H3. The lowest BCUT2D eigenvalue weighted by Crippen LogP contribution is -2.58. The molecule has 0 aliphatic carbocycles. The summed E-state index contributed by atoms with van der Waals surface area (Å²) in [6.07, 6.45) is 14.0. The largest absolute Gasteiger partial charge is 0.464 e. The first-order valence-electron chi connectivity index (χ1n) is 11.6. The van der Waals surface area contributed by atoms with E-state index in [1.165, 1.54) is 64.2 Å². The van der Waals surface area contributed by atoms with Crippen LogP contribution in [0.15, 0.2) is 0 Å². The fourth-order valence-electron chi connectivity index (χ4n) is 3.46. The summed E-state index contributed by atoms with van der Waals surface area (Å²) in [6.45, 7) is 14.8. The highest BCUT2D eigenvalue weighted by molar-refractivity contribution is 8.69. The Balaban J connectivity index is 4.50. The van der Waals surface area contributed by atoms with Crippen LogP contribution in [0.2, 0.25) is 0 Å². The Labute approximate surface area is 188 Å². The van der Waals surface area contributed by atoms with Gasteiger partial charge in [-0.15, -0.1) is 11.7 Å². The number of hydrogen-bond donors (Lipinski definition) is 1. The Morgan fingerprint density at radius 2 is 1.11 bits per heavy atom. The molecule has 0 aliphatic rings. The van der Waals surface area contributed by atoms with Crippen molar-refractivity contribution in [2.75, 3.05) is 0 Å². The van der Waals surface area contributed by atoms with Gasteiger partial charge < -0.3 is 13.3 Å². The third-order valence-electron chi connectivity index (χ3n) is 4.50. The van der Waals surface area contributed by atoms with Crippen molar-refractivity contribution < 1.29 is 13.3 Å². The van der Waals surface area contributed by atoms with Crippen LogP contribution in [0.25, 0.3) is 0 Å². The van der Waals surface area contributed by atoms with Crippen LogP contribution in [0.4, 0.5) is 0 Å². The number of hydrogen-bond acceptors (Lipinski definition) is 5. The Morgan fingerprint density at radius 1 is 0.714 bits per heavy atom. The predicted octanol–water partition coefficient (Wildman–Crippen LogP) is 6.69. The molecular formula is C21H48O3S2Si2. The molecule has 0 N–H and O–H groups in total. The average molecular weight is 469 g/mol. The maximum atomic E-state index is 6.39. The zero-order chi connectivity index (χ0) is 21.4. The second-order valence-corrected chi connectivity index (χ2v) is 18.1. The quantitative estimate of drug-likeness (QED) is 0.0988. The lowest BCUT2D eigenvalue weighted by Gasteiger charge is -2.36. The smallest absolute Gasteiger partial charge is 0.374 e. The van der Waals surface area contributed by atoms with Crippen molar-refractivity contribution in [3.63, 3.8) is 0 Å². The number of unbranched alkanes of at least 4 members (excludes halogenated alkanes) is 8. The molecule has 1 unspecified atom stereocenters. The second-order valence-electron chi connectivity index (χ2n) is 8.73. The van der Waals surface area contributed by atoms with Gasteiger partial charge in [-0.3, -0.25) is 0 Å². The summed E-state index contributed by atoms with van der Waals surface area (Å²) < 4.78 is 19.2. The first-order valence-corrected chi connectivity index (χ1v) is 18.4. The average Bonchev–Trinajstić information content (AvgIpc) is 2.57. The lowest BCUT2D eigenvalue weighted by atomic mass is 10.1. The molecule has 7 heteroatoms. The fourth-order valence-corrected chi connectivity index (χ4v) is 18.7. The molecule has 0 aromatic carbocycles. The Hall–Kier alpha value is 1.01. The molecule has 28 heavy (non-hydrogen) atoms. The summed E-state index contributed by atoms with van der Waals surface area (Å²) in [7, 11) is -1.58. The zero-order valence-corrected chi connectivity index (χ0v) is 23.8. The van der Waals surface area contributed by atoms with Gasteiger partial charge in [0.15, 0.2) is 0 Å². The van der Waals surface area contributed by atoms with E-state index in [0.717, 1.165) is 0 Å². The molecule has 1 atom stereocenters. The van der Waals surface area contributed by atoms with Crippen molar-refractivity contribution in [1.82, 2.24) is 0 Å². The van der Waals surface area contributed by atoms with E-state index in [-0.39, 0.29) is 18.3 Å². The molecule has 0 amide bonds. The first kappa shape index (κ1) is 29.0. The summed E-state index contributed by atoms with van der Waals surface area (Å²) in [5.74, 6) is 0. The Kier molecular flexibility index (Phi) is 18.3. The second kappa shape index (κ2) is 17.7. The van der Waals surface area contributed by atoms with E-state index in [4.69, 9.17) is 13.3 Å². The van der Waals surface area contributed by atoms with E-state index in [1.54, 1.807) is 10.8 Å². The van der Waals surface area contributed by atoms with E-state index in [0.29, 0.717) is 4.87 Å². The van der Waals surface area contributed by atoms with Crippen LogP contribution >= 0.6 is 22.5 Å². The summed E-state index contributed by atoms with van der Waals surface area (Å²) in [5.41, 5.74) is 0. The topological polar surface area (TPSA) is 27.7 Å². The molecule has 170 valence electrons. The van der Waals surface area contributed by atoms with Gasteiger partial charge in [-0.2, -0.15) is 0 Å². The maximum Gasteiger partial charge on any atom is 0.464 e. The first-order chi connectivity index (χ1) is 13.2. The van der Waals surface area contributed by atoms with E-state index in [9.17, 15) is 0 Å². The van der Waals surface area contributed by atoms with Crippen LogP contribution in [0.1, 0.15) is 113 Å². The van der Waals surface area contributed by atoms with Gasteiger partial charge in [0.05, 0.1) is 0 Å². The molecule has 0 aromatic rings. The van der Waals surface area contributed by atoms with Crippen LogP contribution in [-0.4, -0.2) is 40.5 Å². The minimum absolute atomic E-state index is 0.134. The lowest BCUT2D eigenvalue weighted by molar-refractivity contribution is 0.0213. The van der Waals surface area contributed by atoms with E-state index < -0.39 is 17.4 Å². The molecule has 0 aliphatic heterocycles. The van der Waals surface area contributed by atoms with Gasteiger partial charge in [-0.05, 0) is 48.0 Å². The highest BCUT2D eigenvalue weighted by atomic mass is 33.1. The summed E-state index contributed by atoms with van der Waals surface area (Å²) in [4.78, 5) is 0.552. The van der Waals surface area contributed by atoms with Crippen molar-refractivity contribution in [3.8, 4) is 0 Å². The highest BCUT2D eigenvalue weighted by Crippen LogP contribution is 2.27. The van der Waals surface area contributed by atoms with Gasteiger partial charge in [0, 0.05) is 23.2 Å². The van der Waals surface area contributed by atoms with Crippen LogP contribution in [0.5, 0.6) is 0 Å². The van der Waals surface area contributed by atoms with Crippen LogP contribution in [-0.2, 0) is 13.3 Å². The molecule has 0 rings (SSSR count). The van der Waals surface area contributed by atoms with Crippen molar-refractivity contribution in [2.45, 2.75) is 136 Å². The zero-order valence-electron chi connectivity index (χ0n) is 19.7. The third-order valence-corrected chi connectivity index (χ3v) is 17.0. The summed E-state index contributed by atoms with van der Waals surface area (Å²) in [6, 6.07) is 0. The van der Waals surface area contributed by atoms with Crippen molar-refractivity contribution in [1.29, 1.82) is 0 Å². The molecule has 0 aromatic heterocycles. The van der Waals surface area contributed by atoms with Crippen molar-refractivity contribution in [3.05, 3.63) is 0 Å². The molecular weight excluding hydrogens is 421 g/mol. The molecule has 0 radical (unpaired) electrons. The molecule has 0 saturated heterocycles. The molecule has 0 saturated carbocycles. The van der Waals surface area contributed by atoms with Gasteiger partial charge >= 0.3 is 8.32 Å². The minimum Gasteiger partial charge on any atom is -0.374 e. The minimum atomic E-state index is -2.59. The molecule has 0 bridgehead atoms. The number of thiol groups is 1. The SMILES string of the molecule is CCCCCCCCCCCC([SiH2][Si](OC(C)C)(OC(C)C)OC(C)C)SS. The van der Waals surface area contributed by atoms with Gasteiger partial charge in [0.25, 0.3) is 0 Å². The van der Waals surface area contributed by atoms with Crippen LogP contribution in [0.3, 0.4) is 0 Å². The molecule has 3 nitrogen and oxygen atoms in total.